The van der Waals surface area contributed by atoms with Crippen LogP contribution in [0, 0.1) is 6.92 Å². The first-order valence-corrected chi connectivity index (χ1v) is 6.43. The summed E-state index contributed by atoms with van der Waals surface area (Å²) in [4.78, 5) is 2.42. The number of likely N-dealkylation sites (N-methyl/N-ethyl adjacent to an activating group) is 1. The molecule has 17 heavy (non-hydrogen) atoms. The van der Waals surface area contributed by atoms with Gasteiger partial charge in [-0.05, 0) is 25.5 Å². The lowest BCUT2D eigenvalue weighted by Crippen LogP contribution is -2.48. The number of benzene rings is 1. The molecule has 3 heteroatoms. The zero-order chi connectivity index (χ0) is 12.1. The van der Waals surface area contributed by atoms with Gasteiger partial charge < -0.3 is 15.0 Å². The Kier molecular flexibility index (Phi) is 4.40. The average Bonchev–Trinajstić information content (AvgIpc) is 2.38. The van der Waals surface area contributed by atoms with Gasteiger partial charge in [-0.15, -0.1) is 0 Å². The molecule has 1 heterocycles. The zero-order valence-corrected chi connectivity index (χ0v) is 10.8. The standard InChI is InChI=1S/C14H22N2O/c1-3-16(10-13-11-17-9-8-15-13)14-7-5-4-6-12(14)2/h4-7,13,15H,3,8-11H2,1-2H3. The van der Waals surface area contributed by atoms with Gasteiger partial charge in [0.05, 0.1) is 13.2 Å². The minimum Gasteiger partial charge on any atom is -0.378 e. The van der Waals surface area contributed by atoms with E-state index < -0.39 is 0 Å². The van der Waals surface area contributed by atoms with Gasteiger partial charge in [-0.2, -0.15) is 0 Å². The summed E-state index contributed by atoms with van der Waals surface area (Å²) in [6, 6.07) is 9.01. The smallest absolute Gasteiger partial charge is 0.0637 e. The second-order valence-electron chi connectivity index (χ2n) is 4.55. The maximum atomic E-state index is 5.50. The fourth-order valence-electron chi connectivity index (χ4n) is 2.32. The van der Waals surface area contributed by atoms with E-state index in [4.69, 9.17) is 4.74 Å². The molecule has 1 aliphatic rings. The van der Waals surface area contributed by atoms with Gasteiger partial charge in [0.1, 0.15) is 0 Å². The molecule has 2 rings (SSSR count). The van der Waals surface area contributed by atoms with Gasteiger partial charge in [0, 0.05) is 31.4 Å². The fraction of sp³-hybridized carbons (Fsp3) is 0.571. The van der Waals surface area contributed by atoms with E-state index in [9.17, 15) is 0 Å². The molecule has 0 saturated carbocycles. The Labute approximate surface area is 104 Å². The van der Waals surface area contributed by atoms with Crippen LogP contribution >= 0.6 is 0 Å². The molecule has 3 nitrogen and oxygen atoms in total. The summed E-state index contributed by atoms with van der Waals surface area (Å²) in [6.07, 6.45) is 0. The molecule has 1 unspecified atom stereocenters. The number of nitrogens with zero attached hydrogens (tertiary/aromatic N) is 1. The maximum absolute atomic E-state index is 5.50. The van der Waals surface area contributed by atoms with Crippen LogP contribution in [0.1, 0.15) is 12.5 Å². The number of hydrogen-bond acceptors (Lipinski definition) is 3. The first-order valence-electron chi connectivity index (χ1n) is 6.43. The molecule has 0 aliphatic carbocycles. The number of hydrogen-bond donors (Lipinski definition) is 1. The molecule has 94 valence electrons. The predicted octanol–water partition coefficient (Wildman–Crippen LogP) is 1.81. The Hall–Kier alpha value is -1.06. The molecule has 0 amide bonds. The lowest BCUT2D eigenvalue weighted by Gasteiger charge is -2.32. The molecule has 0 aromatic heterocycles. The molecular weight excluding hydrogens is 212 g/mol. The second kappa shape index (κ2) is 6.03. The van der Waals surface area contributed by atoms with Gasteiger partial charge in [0.15, 0.2) is 0 Å². The summed E-state index contributed by atoms with van der Waals surface area (Å²) in [5.74, 6) is 0. The molecule has 1 N–H and O–H groups in total. The minimum absolute atomic E-state index is 0.448. The average molecular weight is 234 g/mol. The van der Waals surface area contributed by atoms with E-state index in [-0.39, 0.29) is 0 Å². The second-order valence-corrected chi connectivity index (χ2v) is 4.55. The van der Waals surface area contributed by atoms with Gasteiger partial charge in [0.25, 0.3) is 0 Å². The zero-order valence-electron chi connectivity index (χ0n) is 10.8. The molecule has 1 aromatic rings. The molecule has 1 fully saturated rings. The molecule has 1 atom stereocenters. The first-order chi connectivity index (χ1) is 8.31. The highest BCUT2D eigenvalue weighted by molar-refractivity contribution is 5.53. The van der Waals surface area contributed by atoms with Crippen molar-refractivity contribution in [2.24, 2.45) is 0 Å². The summed E-state index contributed by atoms with van der Waals surface area (Å²) in [5.41, 5.74) is 2.67. The van der Waals surface area contributed by atoms with Crippen molar-refractivity contribution in [1.29, 1.82) is 0 Å². The lowest BCUT2D eigenvalue weighted by atomic mass is 10.1. The number of para-hydroxylation sites is 1. The number of anilines is 1. The maximum Gasteiger partial charge on any atom is 0.0637 e. The first kappa shape index (κ1) is 12.4. The highest BCUT2D eigenvalue weighted by Crippen LogP contribution is 2.19. The Bertz CT molecular complexity index is 348. The predicted molar refractivity (Wildman–Crippen MR) is 71.7 cm³/mol. The summed E-state index contributed by atoms with van der Waals surface area (Å²) < 4.78 is 5.50. The quantitative estimate of drug-likeness (QED) is 0.860. The molecule has 1 aliphatic heterocycles. The van der Waals surface area contributed by atoms with Crippen LogP contribution in [0.3, 0.4) is 0 Å². The number of morpholine rings is 1. The molecular formula is C14H22N2O. The lowest BCUT2D eigenvalue weighted by molar-refractivity contribution is 0.0788. The SMILES string of the molecule is CCN(CC1COCCN1)c1ccccc1C. The fourth-order valence-corrected chi connectivity index (χ4v) is 2.32. The Morgan fingerprint density at radius 2 is 2.24 bits per heavy atom. The summed E-state index contributed by atoms with van der Waals surface area (Å²) in [5, 5.41) is 3.51. The van der Waals surface area contributed by atoms with Crippen molar-refractivity contribution in [1.82, 2.24) is 5.32 Å². The largest absolute Gasteiger partial charge is 0.378 e. The number of ether oxygens (including phenoxy) is 1. The normalized spacial score (nSPS) is 20.2. The molecule has 1 aromatic carbocycles. The van der Waals surface area contributed by atoms with E-state index in [1.54, 1.807) is 0 Å². The van der Waals surface area contributed by atoms with Crippen LogP contribution < -0.4 is 10.2 Å². The van der Waals surface area contributed by atoms with Crippen molar-refractivity contribution in [3.05, 3.63) is 29.8 Å². The Morgan fingerprint density at radius 1 is 1.41 bits per heavy atom. The molecule has 0 spiro atoms. The third kappa shape index (κ3) is 3.20. The topological polar surface area (TPSA) is 24.5 Å². The third-order valence-corrected chi connectivity index (χ3v) is 3.28. The third-order valence-electron chi connectivity index (χ3n) is 3.28. The van der Waals surface area contributed by atoms with Gasteiger partial charge in [0.2, 0.25) is 0 Å². The van der Waals surface area contributed by atoms with Crippen LogP contribution in [0.2, 0.25) is 0 Å². The Balaban J connectivity index is 2.03. The van der Waals surface area contributed by atoms with Crippen LogP contribution in [0.5, 0.6) is 0 Å². The van der Waals surface area contributed by atoms with Crippen LogP contribution in [-0.2, 0) is 4.74 Å². The monoisotopic (exact) mass is 234 g/mol. The highest BCUT2D eigenvalue weighted by atomic mass is 16.5. The van der Waals surface area contributed by atoms with E-state index in [2.05, 4.69) is 48.3 Å². The van der Waals surface area contributed by atoms with Gasteiger partial charge in [-0.1, -0.05) is 18.2 Å². The van der Waals surface area contributed by atoms with Crippen molar-refractivity contribution in [3.63, 3.8) is 0 Å². The van der Waals surface area contributed by atoms with Crippen molar-refractivity contribution >= 4 is 5.69 Å². The molecule has 0 radical (unpaired) electrons. The van der Waals surface area contributed by atoms with E-state index in [1.807, 2.05) is 0 Å². The number of nitrogens with one attached hydrogen (secondary N) is 1. The van der Waals surface area contributed by atoms with Crippen LogP contribution in [0.4, 0.5) is 5.69 Å². The summed E-state index contributed by atoms with van der Waals surface area (Å²) in [7, 11) is 0. The van der Waals surface area contributed by atoms with Gasteiger partial charge >= 0.3 is 0 Å². The van der Waals surface area contributed by atoms with Gasteiger partial charge in [-0.3, -0.25) is 0 Å². The minimum atomic E-state index is 0.448. The van der Waals surface area contributed by atoms with Crippen LogP contribution in [-0.4, -0.2) is 38.9 Å². The summed E-state index contributed by atoms with van der Waals surface area (Å²) >= 11 is 0. The molecule has 1 saturated heterocycles. The molecule has 0 bridgehead atoms. The Morgan fingerprint density at radius 3 is 2.88 bits per heavy atom. The van der Waals surface area contributed by atoms with Crippen molar-refractivity contribution in [2.75, 3.05) is 37.7 Å². The summed E-state index contributed by atoms with van der Waals surface area (Å²) in [6.45, 7) is 9.05. The van der Waals surface area contributed by atoms with E-state index in [1.165, 1.54) is 11.3 Å². The van der Waals surface area contributed by atoms with Gasteiger partial charge in [-0.25, -0.2) is 0 Å². The van der Waals surface area contributed by atoms with Crippen LogP contribution in [0.15, 0.2) is 24.3 Å². The van der Waals surface area contributed by atoms with Crippen LogP contribution in [0.25, 0.3) is 0 Å². The highest BCUT2D eigenvalue weighted by Gasteiger charge is 2.17. The number of aryl methyl sites for hydroxylation is 1. The van der Waals surface area contributed by atoms with Crippen molar-refractivity contribution < 1.29 is 4.74 Å². The van der Waals surface area contributed by atoms with Crippen molar-refractivity contribution in [3.8, 4) is 0 Å². The van der Waals surface area contributed by atoms with E-state index >= 15 is 0 Å². The number of rotatable bonds is 4. The van der Waals surface area contributed by atoms with E-state index in [0.29, 0.717) is 6.04 Å². The van der Waals surface area contributed by atoms with E-state index in [0.717, 1.165) is 32.8 Å². The van der Waals surface area contributed by atoms with Crippen molar-refractivity contribution in [2.45, 2.75) is 19.9 Å².